The van der Waals surface area contributed by atoms with Gasteiger partial charge in [-0.15, -0.1) is 36.3 Å². The minimum Gasteiger partial charge on any atom is -0.479 e. The van der Waals surface area contributed by atoms with E-state index in [0.29, 0.717) is 33.3 Å². The molecule has 0 bridgehead atoms. The Morgan fingerprint density at radius 3 is 2.24 bits per heavy atom. The number of aliphatic carboxylic acids is 1. The van der Waals surface area contributed by atoms with Gasteiger partial charge >= 0.3 is 18.5 Å². The van der Waals surface area contributed by atoms with E-state index in [2.05, 4.69) is 9.72 Å². The molecule has 1 atom stereocenters. The van der Waals surface area contributed by atoms with Crippen molar-refractivity contribution in [3.63, 3.8) is 0 Å². The molecular weight excluding hydrogens is 604 g/mol. The molecule has 1 unspecified atom stereocenters. The number of carbonyl (C=O) groups is 1. The van der Waals surface area contributed by atoms with Gasteiger partial charge in [-0.05, 0) is 67.4 Å². The van der Waals surface area contributed by atoms with Crippen LogP contribution in [0.15, 0.2) is 71.6 Å². The molecule has 0 fully saturated rings. The van der Waals surface area contributed by atoms with Gasteiger partial charge in [0, 0.05) is 27.5 Å². The summed E-state index contributed by atoms with van der Waals surface area (Å²) in [6.45, 7) is 3.22. The van der Waals surface area contributed by atoms with Crippen molar-refractivity contribution in [1.29, 1.82) is 0 Å². The fourth-order valence-corrected chi connectivity index (χ4v) is 5.98. The minimum absolute atomic E-state index is 0.276. The lowest BCUT2D eigenvalue weighted by Gasteiger charge is -2.13. The third kappa shape index (κ3) is 8.41. The first kappa shape index (κ1) is 31.2. The summed E-state index contributed by atoms with van der Waals surface area (Å²) in [6, 6.07) is 15.4. The molecule has 1 heterocycles. The molecule has 0 saturated heterocycles. The predicted molar refractivity (Wildman–Crippen MR) is 147 cm³/mol. The van der Waals surface area contributed by atoms with Gasteiger partial charge < -0.3 is 14.6 Å². The van der Waals surface area contributed by atoms with E-state index in [9.17, 15) is 31.1 Å². The van der Waals surface area contributed by atoms with Crippen molar-refractivity contribution in [2.75, 3.05) is 0 Å². The van der Waals surface area contributed by atoms with E-state index in [1.165, 1.54) is 66.4 Å². The summed E-state index contributed by atoms with van der Waals surface area (Å²) >= 11 is 2.79. The Hall–Kier alpha value is -3.71. The number of thioether (sulfide) groups is 1. The first-order valence-corrected chi connectivity index (χ1v) is 14.1. The molecule has 0 aliphatic rings. The summed E-state index contributed by atoms with van der Waals surface area (Å²) in [5, 5.41) is 9.60. The fourth-order valence-electron chi connectivity index (χ4n) is 3.80. The molecule has 42 heavy (non-hydrogen) atoms. The number of benzene rings is 3. The maximum atomic E-state index is 13.0. The molecule has 0 amide bonds. The highest BCUT2D eigenvalue weighted by molar-refractivity contribution is 7.98. The highest BCUT2D eigenvalue weighted by Crippen LogP contribution is 2.37. The van der Waals surface area contributed by atoms with Crippen molar-refractivity contribution >= 4 is 29.1 Å². The van der Waals surface area contributed by atoms with Crippen molar-refractivity contribution in [2.24, 2.45) is 0 Å². The van der Waals surface area contributed by atoms with Crippen molar-refractivity contribution in [3.8, 4) is 22.1 Å². The predicted octanol–water partition coefficient (Wildman–Crippen LogP) is 8.77. The maximum Gasteiger partial charge on any atom is 0.573 e. The normalized spacial score (nSPS) is 12.7. The van der Waals surface area contributed by atoms with Gasteiger partial charge in [-0.3, -0.25) is 0 Å². The molecule has 3 aromatic carbocycles. The van der Waals surface area contributed by atoms with E-state index in [0.717, 1.165) is 27.5 Å². The van der Waals surface area contributed by atoms with Crippen LogP contribution >= 0.6 is 23.1 Å². The Labute approximate surface area is 245 Å². The summed E-state index contributed by atoms with van der Waals surface area (Å²) in [6.07, 6.45) is -10.0. The zero-order valence-electron chi connectivity index (χ0n) is 22.0. The SMILES string of the molecule is Cc1cc(SCc2sc(-c3ccc(C(F)(F)F)cc3)nc2Cc2ccc(OC(F)(F)F)cc2)ccc1OC(C)C(=O)O. The van der Waals surface area contributed by atoms with Crippen LogP contribution in [-0.4, -0.2) is 28.5 Å². The Morgan fingerprint density at radius 2 is 1.67 bits per heavy atom. The summed E-state index contributed by atoms with van der Waals surface area (Å²) < 4.78 is 86.1. The number of hydrogen-bond acceptors (Lipinski definition) is 6. The number of nitrogens with zero attached hydrogens (tertiary/aromatic N) is 1. The van der Waals surface area contributed by atoms with Crippen LogP contribution in [0.1, 0.15) is 34.2 Å². The van der Waals surface area contributed by atoms with Crippen LogP contribution in [0.2, 0.25) is 0 Å². The number of rotatable bonds is 10. The molecule has 5 nitrogen and oxygen atoms in total. The Kier molecular flexibility index (Phi) is 9.41. The smallest absolute Gasteiger partial charge is 0.479 e. The Balaban J connectivity index is 1.57. The molecular formula is C29H23F6NO4S2. The van der Waals surface area contributed by atoms with E-state index in [1.54, 1.807) is 19.1 Å². The number of alkyl halides is 6. The summed E-state index contributed by atoms with van der Waals surface area (Å²) in [4.78, 5) is 17.5. The first-order valence-electron chi connectivity index (χ1n) is 12.3. The highest BCUT2D eigenvalue weighted by atomic mass is 32.2. The Bertz CT molecular complexity index is 1530. The average molecular weight is 628 g/mol. The molecule has 0 aliphatic carbocycles. The van der Waals surface area contributed by atoms with Gasteiger partial charge in [0.05, 0.1) is 11.3 Å². The van der Waals surface area contributed by atoms with E-state index < -0.39 is 30.2 Å². The second-order valence-corrected chi connectivity index (χ2v) is 11.3. The zero-order valence-corrected chi connectivity index (χ0v) is 23.7. The quantitative estimate of drug-likeness (QED) is 0.140. The molecule has 0 radical (unpaired) electrons. The van der Waals surface area contributed by atoms with E-state index >= 15 is 0 Å². The number of carboxylic acid groups (broad SMARTS) is 1. The van der Waals surface area contributed by atoms with Gasteiger partial charge in [-0.2, -0.15) is 13.2 Å². The third-order valence-electron chi connectivity index (χ3n) is 5.93. The average Bonchev–Trinajstić information content (AvgIpc) is 3.31. The van der Waals surface area contributed by atoms with E-state index in [-0.39, 0.29) is 12.2 Å². The monoisotopic (exact) mass is 627 g/mol. The van der Waals surface area contributed by atoms with Gasteiger partial charge in [0.25, 0.3) is 0 Å². The molecule has 222 valence electrons. The lowest BCUT2D eigenvalue weighted by atomic mass is 10.1. The van der Waals surface area contributed by atoms with Crippen LogP contribution < -0.4 is 9.47 Å². The van der Waals surface area contributed by atoms with Crippen LogP contribution in [0.4, 0.5) is 26.3 Å². The third-order valence-corrected chi connectivity index (χ3v) is 8.28. The molecule has 4 rings (SSSR count). The van der Waals surface area contributed by atoms with E-state index in [1.807, 2.05) is 6.07 Å². The number of carboxylic acids is 1. The lowest BCUT2D eigenvalue weighted by Crippen LogP contribution is -2.23. The number of ether oxygens (including phenoxy) is 2. The van der Waals surface area contributed by atoms with Gasteiger partial charge in [-0.1, -0.05) is 24.3 Å². The van der Waals surface area contributed by atoms with Crippen LogP contribution in [0.25, 0.3) is 10.6 Å². The molecule has 13 heteroatoms. The van der Waals surface area contributed by atoms with Crippen molar-refractivity contribution in [3.05, 3.63) is 94.0 Å². The summed E-state index contributed by atoms with van der Waals surface area (Å²) in [5.41, 5.74) is 1.78. The Morgan fingerprint density at radius 1 is 1.00 bits per heavy atom. The van der Waals surface area contributed by atoms with Crippen LogP contribution in [0, 0.1) is 6.92 Å². The minimum atomic E-state index is -4.81. The molecule has 0 aliphatic heterocycles. The van der Waals surface area contributed by atoms with Crippen LogP contribution in [0.5, 0.6) is 11.5 Å². The number of halogens is 6. The van der Waals surface area contributed by atoms with Gasteiger partial charge in [0.1, 0.15) is 16.5 Å². The highest BCUT2D eigenvalue weighted by Gasteiger charge is 2.31. The van der Waals surface area contributed by atoms with Crippen molar-refractivity contribution in [2.45, 2.75) is 49.6 Å². The standard InChI is InChI=1S/C29H23F6NO4S2/c1-16-13-22(11-12-24(16)39-17(2)27(37)38)41-15-25-23(14-18-3-9-21(10-4-18)40-29(33,34)35)36-26(42-25)19-5-7-20(8-6-19)28(30,31)32/h3-13,17H,14-15H2,1-2H3,(H,37,38). The number of hydrogen-bond donors (Lipinski definition) is 1. The van der Waals surface area contributed by atoms with Gasteiger partial charge in [0.2, 0.25) is 0 Å². The first-order chi connectivity index (χ1) is 19.7. The van der Waals surface area contributed by atoms with Gasteiger partial charge in [0.15, 0.2) is 6.10 Å². The molecule has 1 aromatic heterocycles. The van der Waals surface area contributed by atoms with Crippen LogP contribution in [-0.2, 0) is 23.1 Å². The molecule has 0 saturated carbocycles. The second-order valence-electron chi connectivity index (χ2n) is 9.15. The molecule has 4 aromatic rings. The van der Waals surface area contributed by atoms with Crippen LogP contribution in [0.3, 0.4) is 0 Å². The number of thiazole rings is 1. The van der Waals surface area contributed by atoms with Crippen molar-refractivity contribution < 1.29 is 45.7 Å². The largest absolute Gasteiger partial charge is 0.573 e. The molecule has 1 N–H and O–H groups in total. The van der Waals surface area contributed by atoms with E-state index in [4.69, 9.17) is 9.84 Å². The summed E-state index contributed by atoms with van der Waals surface area (Å²) in [5.74, 6) is -0.549. The number of aromatic nitrogens is 1. The maximum absolute atomic E-state index is 13.0. The van der Waals surface area contributed by atoms with Crippen molar-refractivity contribution in [1.82, 2.24) is 4.98 Å². The molecule has 0 spiro atoms. The summed E-state index contributed by atoms with van der Waals surface area (Å²) in [7, 11) is 0. The zero-order chi connectivity index (χ0) is 30.7. The van der Waals surface area contributed by atoms with Gasteiger partial charge in [-0.25, -0.2) is 9.78 Å². The fraction of sp³-hybridized carbons (Fsp3) is 0.241. The lowest BCUT2D eigenvalue weighted by molar-refractivity contribution is -0.274. The second kappa shape index (κ2) is 12.7. The topological polar surface area (TPSA) is 68.7 Å². The number of aryl methyl sites for hydroxylation is 1.